The summed E-state index contributed by atoms with van der Waals surface area (Å²) < 4.78 is 11.1. The highest BCUT2D eigenvalue weighted by Gasteiger charge is 2.43. The van der Waals surface area contributed by atoms with Crippen molar-refractivity contribution in [1.82, 2.24) is 4.90 Å². The number of nitrogens with zero attached hydrogens (tertiary/aromatic N) is 1. The molecule has 2 saturated carbocycles. The van der Waals surface area contributed by atoms with E-state index in [9.17, 15) is 0 Å². The minimum absolute atomic E-state index is 0.632. The Morgan fingerprint density at radius 2 is 1.66 bits per heavy atom. The summed E-state index contributed by atoms with van der Waals surface area (Å²) in [7, 11) is 3.45. The van der Waals surface area contributed by atoms with E-state index in [2.05, 4.69) is 35.2 Å². The molecule has 3 nitrogen and oxygen atoms in total. The monoisotopic (exact) mass is 391 g/mol. The van der Waals surface area contributed by atoms with Gasteiger partial charge in [-0.05, 0) is 86.2 Å². The maximum atomic E-state index is 5.71. The second-order valence-corrected chi connectivity index (χ2v) is 9.21. The van der Waals surface area contributed by atoms with Crippen LogP contribution in [-0.4, -0.2) is 38.3 Å². The van der Waals surface area contributed by atoms with E-state index in [-0.39, 0.29) is 0 Å². The highest BCUT2D eigenvalue weighted by atomic mass is 16.5. The molecular formula is C26H33NO2. The summed E-state index contributed by atoms with van der Waals surface area (Å²) in [4.78, 5) is 2.83. The number of rotatable bonds is 5. The lowest BCUT2D eigenvalue weighted by Crippen LogP contribution is -2.43. The molecule has 2 aromatic carbocycles. The molecule has 0 unspecified atom stereocenters. The Balaban J connectivity index is 1.35. The number of fused-ring (bicyclic) bond motifs is 2. The van der Waals surface area contributed by atoms with E-state index in [1.807, 2.05) is 12.1 Å². The maximum Gasteiger partial charge on any atom is 0.130 e. The average Bonchev–Trinajstić information content (AvgIpc) is 3.43. The number of likely N-dealkylation sites (tertiary alicyclic amines) is 1. The van der Waals surface area contributed by atoms with Gasteiger partial charge in [-0.2, -0.15) is 0 Å². The Hall–Kier alpha value is -2.00. The fourth-order valence-corrected chi connectivity index (χ4v) is 6.32. The van der Waals surface area contributed by atoms with Crippen LogP contribution in [0.3, 0.4) is 0 Å². The van der Waals surface area contributed by atoms with Gasteiger partial charge in [0.05, 0.1) is 14.2 Å². The van der Waals surface area contributed by atoms with Gasteiger partial charge in [0.1, 0.15) is 11.5 Å². The summed E-state index contributed by atoms with van der Waals surface area (Å²) in [5.74, 6) is 4.38. The van der Waals surface area contributed by atoms with E-state index < -0.39 is 0 Å². The van der Waals surface area contributed by atoms with Crippen molar-refractivity contribution in [3.63, 3.8) is 0 Å². The Kier molecular flexibility index (Phi) is 5.26. The molecule has 2 aromatic rings. The van der Waals surface area contributed by atoms with Gasteiger partial charge in [-0.25, -0.2) is 0 Å². The molecule has 1 aliphatic heterocycles. The van der Waals surface area contributed by atoms with Crippen molar-refractivity contribution in [2.75, 3.05) is 27.3 Å². The second-order valence-electron chi connectivity index (χ2n) is 9.21. The molecule has 29 heavy (non-hydrogen) atoms. The molecule has 0 N–H and O–H groups in total. The van der Waals surface area contributed by atoms with E-state index in [4.69, 9.17) is 9.47 Å². The fourth-order valence-electron chi connectivity index (χ4n) is 6.32. The predicted octanol–water partition coefficient (Wildman–Crippen LogP) is 5.74. The van der Waals surface area contributed by atoms with Crippen LogP contribution in [0.2, 0.25) is 0 Å². The Labute approximate surface area is 175 Å². The van der Waals surface area contributed by atoms with Crippen molar-refractivity contribution in [2.24, 2.45) is 11.8 Å². The predicted molar refractivity (Wildman–Crippen MR) is 118 cm³/mol. The summed E-state index contributed by atoms with van der Waals surface area (Å²) in [6, 6.07) is 16.0. The van der Waals surface area contributed by atoms with Gasteiger partial charge in [-0.1, -0.05) is 30.7 Å². The Bertz CT molecular complexity index is 856. The SMILES string of the molecule is COc1ccc(-c2ccccc2C2CCN([C@H]3C[C@H]4CC[C@H]3C4)CC2)c(OC)c1. The van der Waals surface area contributed by atoms with Crippen molar-refractivity contribution in [3.05, 3.63) is 48.0 Å². The zero-order valence-corrected chi connectivity index (χ0v) is 17.8. The molecule has 2 bridgehead atoms. The minimum Gasteiger partial charge on any atom is -0.497 e. The number of benzene rings is 2. The molecule has 2 aliphatic carbocycles. The molecule has 5 rings (SSSR count). The van der Waals surface area contributed by atoms with Crippen LogP contribution in [0, 0.1) is 11.8 Å². The second kappa shape index (κ2) is 8.02. The van der Waals surface area contributed by atoms with Gasteiger partial charge in [-0.3, -0.25) is 0 Å². The summed E-state index contributed by atoms with van der Waals surface area (Å²) >= 11 is 0. The molecule has 3 atom stereocenters. The van der Waals surface area contributed by atoms with E-state index in [0.29, 0.717) is 5.92 Å². The quantitative estimate of drug-likeness (QED) is 0.649. The van der Waals surface area contributed by atoms with E-state index in [0.717, 1.165) is 29.4 Å². The zero-order chi connectivity index (χ0) is 19.8. The van der Waals surface area contributed by atoms with Gasteiger partial charge in [0.2, 0.25) is 0 Å². The summed E-state index contributed by atoms with van der Waals surface area (Å²) in [6.45, 7) is 2.51. The van der Waals surface area contributed by atoms with E-state index in [1.165, 1.54) is 68.3 Å². The highest BCUT2D eigenvalue weighted by molar-refractivity contribution is 5.75. The van der Waals surface area contributed by atoms with Crippen LogP contribution in [0.15, 0.2) is 42.5 Å². The third-order valence-corrected chi connectivity index (χ3v) is 7.80. The third kappa shape index (κ3) is 3.54. The normalized spacial score (nSPS) is 27.3. The molecular weight excluding hydrogens is 358 g/mol. The summed E-state index contributed by atoms with van der Waals surface area (Å²) in [6.07, 6.45) is 8.48. The minimum atomic E-state index is 0.632. The first-order chi connectivity index (χ1) is 14.3. The Morgan fingerprint density at radius 1 is 0.828 bits per heavy atom. The molecule has 0 amide bonds. The van der Waals surface area contributed by atoms with Crippen molar-refractivity contribution < 1.29 is 9.47 Å². The largest absolute Gasteiger partial charge is 0.497 e. The molecule has 3 fully saturated rings. The Morgan fingerprint density at radius 3 is 2.34 bits per heavy atom. The lowest BCUT2D eigenvalue weighted by Gasteiger charge is -2.40. The van der Waals surface area contributed by atoms with Crippen LogP contribution in [0.25, 0.3) is 11.1 Å². The molecule has 154 valence electrons. The number of hydrogen-bond donors (Lipinski definition) is 0. The van der Waals surface area contributed by atoms with Crippen molar-refractivity contribution in [2.45, 2.75) is 50.5 Å². The summed E-state index contributed by atoms with van der Waals surface area (Å²) in [5, 5.41) is 0. The van der Waals surface area contributed by atoms with Crippen LogP contribution in [0.5, 0.6) is 11.5 Å². The lowest BCUT2D eigenvalue weighted by atomic mass is 9.83. The first-order valence-corrected chi connectivity index (χ1v) is 11.3. The van der Waals surface area contributed by atoms with Gasteiger partial charge in [-0.15, -0.1) is 0 Å². The standard InChI is InChI=1S/C26H33NO2/c1-28-21-9-10-24(26(17-21)29-2)23-6-4-3-5-22(23)19-11-13-27(14-12-19)25-16-18-7-8-20(25)15-18/h3-6,9-10,17-20,25H,7-8,11-16H2,1-2H3/t18-,20-,25-/m0/s1. The highest BCUT2D eigenvalue weighted by Crippen LogP contribution is 2.48. The maximum absolute atomic E-state index is 5.71. The van der Waals surface area contributed by atoms with Gasteiger partial charge < -0.3 is 14.4 Å². The molecule has 1 heterocycles. The first-order valence-electron chi connectivity index (χ1n) is 11.3. The third-order valence-electron chi connectivity index (χ3n) is 7.80. The first kappa shape index (κ1) is 19.0. The lowest BCUT2D eigenvalue weighted by molar-refractivity contribution is 0.111. The molecule has 1 saturated heterocycles. The topological polar surface area (TPSA) is 21.7 Å². The summed E-state index contributed by atoms with van der Waals surface area (Å²) in [5.41, 5.74) is 3.95. The van der Waals surface area contributed by atoms with Gasteiger partial charge in [0.25, 0.3) is 0 Å². The van der Waals surface area contributed by atoms with Crippen molar-refractivity contribution in [1.29, 1.82) is 0 Å². The molecule has 3 aliphatic rings. The molecule has 3 heteroatoms. The van der Waals surface area contributed by atoms with Gasteiger partial charge in [0, 0.05) is 17.7 Å². The van der Waals surface area contributed by atoms with Crippen LogP contribution < -0.4 is 9.47 Å². The molecule has 0 aromatic heterocycles. The number of piperidine rings is 1. The van der Waals surface area contributed by atoms with Crippen LogP contribution in [0.1, 0.15) is 50.0 Å². The van der Waals surface area contributed by atoms with E-state index in [1.54, 1.807) is 14.2 Å². The van der Waals surface area contributed by atoms with Crippen LogP contribution >= 0.6 is 0 Å². The molecule has 0 spiro atoms. The zero-order valence-electron chi connectivity index (χ0n) is 17.8. The van der Waals surface area contributed by atoms with Gasteiger partial charge in [0.15, 0.2) is 0 Å². The van der Waals surface area contributed by atoms with E-state index >= 15 is 0 Å². The van der Waals surface area contributed by atoms with Crippen LogP contribution in [0.4, 0.5) is 0 Å². The number of methoxy groups -OCH3 is 2. The number of ether oxygens (including phenoxy) is 2. The van der Waals surface area contributed by atoms with Gasteiger partial charge >= 0.3 is 0 Å². The van der Waals surface area contributed by atoms with Crippen molar-refractivity contribution >= 4 is 0 Å². The fraction of sp³-hybridized carbons (Fsp3) is 0.538. The average molecular weight is 392 g/mol. The van der Waals surface area contributed by atoms with Crippen LogP contribution in [-0.2, 0) is 0 Å². The van der Waals surface area contributed by atoms with Crippen molar-refractivity contribution in [3.8, 4) is 22.6 Å². The smallest absolute Gasteiger partial charge is 0.130 e. The number of hydrogen-bond acceptors (Lipinski definition) is 3. The molecule has 0 radical (unpaired) electrons.